The summed E-state index contributed by atoms with van der Waals surface area (Å²) in [6.45, 7) is 5.61. The number of Topliss-reactive ketones (excluding diaryl/α,β-unsaturated/α-hetero) is 1. The summed E-state index contributed by atoms with van der Waals surface area (Å²) in [4.78, 5) is 39.4. The number of nitrogens with zero attached hydrogens (tertiary/aromatic N) is 1. The van der Waals surface area contributed by atoms with E-state index in [1.54, 1.807) is 24.3 Å². The van der Waals surface area contributed by atoms with Crippen molar-refractivity contribution in [2.75, 3.05) is 23.3 Å². The number of hydrogen-bond acceptors (Lipinski definition) is 4. The number of amides is 2. The van der Waals surface area contributed by atoms with Crippen LogP contribution >= 0.6 is 0 Å². The summed E-state index contributed by atoms with van der Waals surface area (Å²) >= 11 is 0. The van der Waals surface area contributed by atoms with Crippen LogP contribution < -0.4 is 15.5 Å². The molecule has 0 aliphatic carbocycles. The first-order chi connectivity index (χ1) is 15.0. The van der Waals surface area contributed by atoms with Gasteiger partial charge in [0.25, 0.3) is 5.91 Å². The van der Waals surface area contributed by atoms with Crippen LogP contribution in [-0.4, -0.2) is 36.7 Å². The molecule has 6 heteroatoms. The topological polar surface area (TPSA) is 78.5 Å². The average molecular weight is 422 g/mol. The minimum Gasteiger partial charge on any atom is -0.371 e. The Kier molecular flexibility index (Phi) is 7.82. The minimum atomic E-state index is -0.629. The van der Waals surface area contributed by atoms with Crippen molar-refractivity contribution in [2.45, 2.75) is 52.0 Å². The van der Waals surface area contributed by atoms with E-state index in [0.29, 0.717) is 17.5 Å². The van der Waals surface area contributed by atoms with Crippen LogP contribution in [-0.2, 0) is 4.79 Å². The van der Waals surface area contributed by atoms with Gasteiger partial charge in [-0.05, 0) is 56.5 Å². The van der Waals surface area contributed by atoms with Crippen molar-refractivity contribution in [2.24, 2.45) is 0 Å². The molecule has 2 N–H and O–H groups in total. The van der Waals surface area contributed by atoms with Crippen LogP contribution in [0.3, 0.4) is 0 Å². The fourth-order valence-corrected chi connectivity index (χ4v) is 3.76. The largest absolute Gasteiger partial charge is 0.371 e. The number of unbranched alkanes of at least 4 members (excludes halogenated alkanes) is 1. The van der Waals surface area contributed by atoms with Crippen molar-refractivity contribution in [1.82, 2.24) is 5.32 Å². The number of carbonyl (C=O) groups excluding carboxylic acids is 3. The molecule has 3 rings (SSSR count). The molecule has 1 saturated heterocycles. The van der Waals surface area contributed by atoms with Gasteiger partial charge in [-0.2, -0.15) is 0 Å². The first-order valence-electron chi connectivity index (χ1n) is 11.1. The van der Waals surface area contributed by atoms with Gasteiger partial charge in [-0.1, -0.05) is 38.0 Å². The second kappa shape index (κ2) is 10.8. The molecular formula is C25H31N3O3. The summed E-state index contributed by atoms with van der Waals surface area (Å²) in [7, 11) is 0. The van der Waals surface area contributed by atoms with Crippen molar-refractivity contribution >= 4 is 29.0 Å². The van der Waals surface area contributed by atoms with Crippen LogP contribution in [0.25, 0.3) is 0 Å². The molecule has 164 valence electrons. The van der Waals surface area contributed by atoms with Crippen molar-refractivity contribution in [3.8, 4) is 0 Å². The van der Waals surface area contributed by atoms with Crippen LogP contribution in [0.4, 0.5) is 11.4 Å². The molecule has 2 amide bonds. The zero-order chi connectivity index (χ0) is 22.2. The van der Waals surface area contributed by atoms with Crippen molar-refractivity contribution < 1.29 is 14.4 Å². The number of benzene rings is 2. The lowest BCUT2D eigenvalue weighted by molar-refractivity contribution is -0.118. The number of ketones is 1. The van der Waals surface area contributed by atoms with Gasteiger partial charge in [0, 0.05) is 35.6 Å². The first-order valence-corrected chi connectivity index (χ1v) is 11.1. The Morgan fingerprint density at radius 2 is 1.68 bits per heavy atom. The third-order valence-electron chi connectivity index (χ3n) is 5.61. The summed E-state index contributed by atoms with van der Waals surface area (Å²) in [5.74, 6) is -0.596. The number of carbonyl (C=O) groups is 3. The molecule has 0 bridgehead atoms. The zero-order valence-corrected chi connectivity index (χ0v) is 18.3. The molecule has 31 heavy (non-hydrogen) atoms. The molecule has 2 aromatic rings. The quantitative estimate of drug-likeness (QED) is 0.588. The van der Waals surface area contributed by atoms with Crippen molar-refractivity contribution in [3.63, 3.8) is 0 Å². The van der Waals surface area contributed by atoms with Gasteiger partial charge in [0.2, 0.25) is 5.91 Å². The number of anilines is 2. The van der Waals surface area contributed by atoms with Crippen LogP contribution in [0, 0.1) is 0 Å². The molecule has 1 aliphatic heterocycles. The van der Waals surface area contributed by atoms with Crippen LogP contribution in [0.2, 0.25) is 0 Å². The SMILES string of the molecule is CCCCC(NC(=O)c1ccc(C(C)=O)cc1)C(=O)Nc1cccc(N2CCCC2)c1. The summed E-state index contributed by atoms with van der Waals surface area (Å²) in [6, 6.07) is 13.7. The van der Waals surface area contributed by atoms with Gasteiger partial charge in [-0.15, -0.1) is 0 Å². The Bertz CT molecular complexity index is 918. The highest BCUT2D eigenvalue weighted by Gasteiger charge is 2.22. The second-order valence-electron chi connectivity index (χ2n) is 8.04. The van der Waals surface area contributed by atoms with E-state index in [1.807, 2.05) is 18.2 Å². The lowest BCUT2D eigenvalue weighted by atomic mass is 10.1. The fourth-order valence-electron chi connectivity index (χ4n) is 3.76. The van der Waals surface area contributed by atoms with Crippen molar-refractivity contribution in [3.05, 3.63) is 59.7 Å². The van der Waals surface area contributed by atoms with Gasteiger partial charge >= 0.3 is 0 Å². The van der Waals surface area contributed by atoms with Gasteiger partial charge in [-0.25, -0.2) is 0 Å². The molecule has 1 heterocycles. The standard InChI is InChI=1S/C25H31N3O3/c1-3-4-10-23(27-24(30)20-13-11-19(12-14-20)18(2)29)25(31)26-21-8-7-9-22(17-21)28-15-5-6-16-28/h7-9,11-14,17,23H,3-6,10,15-16H2,1-2H3,(H,26,31)(H,27,30). The predicted molar refractivity (Wildman–Crippen MR) is 124 cm³/mol. The molecule has 1 fully saturated rings. The summed E-state index contributed by atoms with van der Waals surface area (Å²) in [6.07, 6.45) is 4.70. The van der Waals surface area contributed by atoms with Crippen LogP contribution in [0.5, 0.6) is 0 Å². The van der Waals surface area contributed by atoms with Gasteiger partial charge in [0.05, 0.1) is 0 Å². The Balaban J connectivity index is 1.68. The van der Waals surface area contributed by atoms with Gasteiger partial charge in [0.15, 0.2) is 5.78 Å². The summed E-state index contributed by atoms with van der Waals surface area (Å²) in [5.41, 5.74) is 2.82. The van der Waals surface area contributed by atoms with Gasteiger partial charge in [-0.3, -0.25) is 14.4 Å². The molecule has 0 radical (unpaired) electrons. The fraction of sp³-hybridized carbons (Fsp3) is 0.400. The van der Waals surface area contributed by atoms with E-state index in [0.717, 1.165) is 37.3 Å². The Morgan fingerprint density at radius 3 is 2.32 bits per heavy atom. The van der Waals surface area contributed by atoms with Crippen LogP contribution in [0.15, 0.2) is 48.5 Å². The highest BCUT2D eigenvalue weighted by molar-refractivity contribution is 6.02. The summed E-state index contributed by atoms with van der Waals surface area (Å²) < 4.78 is 0. The maximum atomic E-state index is 13.0. The molecular weight excluding hydrogens is 390 g/mol. The van der Waals surface area contributed by atoms with Crippen molar-refractivity contribution in [1.29, 1.82) is 0 Å². The maximum Gasteiger partial charge on any atom is 0.251 e. The maximum absolute atomic E-state index is 13.0. The molecule has 6 nitrogen and oxygen atoms in total. The second-order valence-corrected chi connectivity index (χ2v) is 8.04. The Labute approximate surface area is 184 Å². The molecule has 2 aromatic carbocycles. The molecule has 0 saturated carbocycles. The molecule has 1 unspecified atom stereocenters. The van der Waals surface area contributed by atoms with Gasteiger partial charge < -0.3 is 15.5 Å². The first kappa shape index (κ1) is 22.5. The third-order valence-corrected chi connectivity index (χ3v) is 5.61. The van der Waals surface area contributed by atoms with E-state index in [4.69, 9.17) is 0 Å². The average Bonchev–Trinajstić information content (AvgIpc) is 3.31. The molecule has 0 spiro atoms. The monoisotopic (exact) mass is 421 g/mol. The third kappa shape index (κ3) is 6.17. The minimum absolute atomic E-state index is 0.0525. The highest BCUT2D eigenvalue weighted by Crippen LogP contribution is 2.23. The van der Waals surface area contributed by atoms with Gasteiger partial charge in [0.1, 0.15) is 6.04 Å². The Hall–Kier alpha value is -3.15. The predicted octanol–water partition coefficient (Wildman–Crippen LogP) is 4.42. The number of nitrogens with one attached hydrogen (secondary N) is 2. The van der Waals surface area contributed by atoms with E-state index in [-0.39, 0.29) is 17.6 Å². The molecule has 1 aliphatic rings. The van der Waals surface area contributed by atoms with E-state index in [2.05, 4.69) is 28.5 Å². The number of rotatable bonds is 9. The lowest BCUT2D eigenvalue weighted by Crippen LogP contribution is -2.43. The zero-order valence-electron chi connectivity index (χ0n) is 18.3. The van der Waals surface area contributed by atoms with Crippen LogP contribution in [0.1, 0.15) is 66.7 Å². The van der Waals surface area contributed by atoms with E-state index < -0.39 is 6.04 Å². The molecule has 1 atom stereocenters. The normalized spacial score (nSPS) is 14.2. The molecule has 0 aromatic heterocycles. The smallest absolute Gasteiger partial charge is 0.251 e. The van der Waals surface area contributed by atoms with E-state index in [1.165, 1.54) is 19.8 Å². The highest BCUT2D eigenvalue weighted by atomic mass is 16.2. The summed E-state index contributed by atoms with van der Waals surface area (Å²) in [5, 5.41) is 5.83. The number of hydrogen-bond donors (Lipinski definition) is 2. The lowest BCUT2D eigenvalue weighted by Gasteiger charge is -2.21. The Morgan fingerprint density at radius 1 is 1.00 bits per heavy atom. The van der Waals surface area contributed by atoms with E-state index >= 15 is 0 Å². The van der Waals surface area contributed by atoms with E-state index in [9.17, 15) is 14.4 Å².